The molecule has 0 unspecified atom stereocenters. The fraction of sp³-hybridized carbons (Fsp3) is 0.529. The molecule has 0 fully saturated rings. The first-order valence-corrected chi connectivity index (χ1v) is 9.07. The van der Waals surface area contributed by atoms with Crippen molar-refractivity contribution in [3.8, 4) is 0 Å². The van der Waals surface area contributed by atoms with E-state index >= 15 is 0 Å². The molecule has 0 saturated heterocycles. The lowest BCUT2D eigenvalue weighted by molar-refractivity contribution is 0.279. The highest BCUT2D eigenvalue weighted by molar-refractivity contribution is 7.92. The third kappa shape index (κ3) is 3.42. The Balaban J connectivity index is 2.67. The fourth-order valence-corrected chi connectivity index (χ4v) is 3.47. The van der Waals surface area contributed by atoms with Crippen molar-refractivity contribution in [2.75, 3.05) is 0 Å². The molecule has 5 heteroatoms. The lowest BCUT2D eigenvalue weighted by atomic mass is 9.62. The van der Waals surface area contributed by atoms with Gasteiger partial charge in [0.2, 0.25) is 10.0 Å². The van der Waals surface area contributed by atoms with Crippen molar-refractivity contribution < 1.29 is 13.5 Å². The molecule has 0 aliphatic heterocycles. The molecule has 2 rings (SSSR count). The Morgan fingerprint density at radius 1 is 1.14 bits per heavy atom. The molecule has 0 radical (unpaired) electrons. The van der Waals surface area contributed by atoms with Crippen molar-refractivity contribution in [3.05, 3.63) is 39.8 Å². The first-order valence-electron chi connectivity index (χ1n) is 7.46. The summed E-state index contributed by atoms with van der Waals surface area (Å²) in [5.74, 6) is 0. The maximum atomic E-state index is 11.2. The predicted molar refractivity (Wildman–Crippen MR) is 89.8 cm³/mol. The molecule has 0 spiro atoms. The fourth-order valence-electron chi connectivity index (χ4n) is 3.14. The summed E-state index contributed by atoms with van der Waals surface area (Å²) < 4.78 is 22.3. The SMILES string of the molecule is CC1(C)CCC(C)(C)c2cc(CO)c(C=CS(N)(=O)=O)cc21. The number of primary sulfonamides is 1. The standard InChI is InChI=1S/C17H25NO3S/c1-16(2)6-7-17(3,4)15-10-13(11-19)12(9-14(15)16)5-8-22(18,20)21/h5,8-10,19H,6-7,11H2,1-4H3,(H2,18,20,21). The van der Waals surface area contributed by atoms with Crippen LogP contribution in [0.5, 0.6) is 0 Å². The van der Waals surface area contributed by atoms with Gasteiger partial charge in [-0.15, -0.1) is 0 Å². The molecular weight excluding hydrogens is 298 g/mol. The van der Waals surface area contributed by atoms with Gasteiger partial charge in [-0.3, -0.25) is 0 Å². The number of fused-ring (bicyclic) bond motifs is 1. The summed E-state index contributed by atoms with van der Waals surface area (Å²) >= 11 is 0. The lowest BCUT2D eigenvalue weighted by Gasteiger charge is -2.42. The van der Waals surface area contributed by atoms with Gasteiger partial charge in [-0.2, -0.15) is 0 Å². The molecular formula is C17H25NO3S. The van der Waals surface area contributed by atoms with Crippen LogP contribution in [-0.4, -0.2) is 13.5 Å². The summed E-state index contributed by atoms with van der Waals surface area (Å²) in [6.07, 6.45) is 3.63. The van der Waals surface area contributed by atoms with Gasteiger partial charge in [0.25, 0.3) is 0 Å². The smallest absolute Gasteiger partial charge is 0.231 e. The summed E-state index contributed by atoms with van der Waals surface area (Å²) in [5.41, 5.74) is 3.97. The van der Waals surface area contributed by atoms with Crippen molar-refractivity contribution in [2.45, 2.75) is 58.0 Å². The number of aliphatic hydroxyl groups excluding tert-OH is 1. The molecule has 1 aliphatic carbocycles. The van der Waals surface area contributed by atoms with Crippen molar-refractivity contribution in [2.24, 2.45) is 5.14 Å². The average molecular weight is 323 g/mol. The van der Waals surface area contributed by atoms with Crippen LogP contribution in [0.3, 0.4) is 0 Å². The highest BCUT2D eigenvalue weighted by Crippen LogP contribution is 2.46. The average Bonchev–Trinajstić information content (AvgIpc) is 2.40. The third-order valence-corrected chi connectivity index (χ3v) is 5.24. The van der Waals surface area contributed by atoms with Gasteiger partial charge in [-0.1, -0.05) is 39.8 Å². The minimum atomic E-state index is -3.68. The number of nitrogens with two attached hydrogens (primary N) is 1. The Hall–Kier alpha value is -1.17. The highest BCUT2D eigenvalue weighted by atomic mass is 32.2. The van der Waals surface area contributed by atoms with Crippen molar-refractivity contribution in [1.29, 1.82) is 0 Å². The summed E-state index contributed by atoms with van der Waals surface area (Å²) in [4.78, 5) is 0. The largest absolute Gasteiger partial charge is 0.392 e. The number of aliphatic hydroxyl groups is 1. The molecule has 0 atom stereocenters. The minimum Gasteiger partial charge on any atom is -0.392 e. The monoisotopic (exact) mass is 323 g/mol. The van der Waals surface area contributed by atoms with Crippen molar-refractivity contribution >= 4 is 16.1 Å². The van der Waals surface area contributed by atoms with Crippen LogP contribution in [-0.2, 0) is 27.5 Å². The lowest BCUT2D eigenvalue weighted by Crippen LogP contribution is -2.34. The van der Waals surface area contributed by atoms with Crippen LogP contribution >= 0.6 is 0 Å². The second-order valence-electron chi connectivity index (χ2n) is 7.41. The van der Waals surface area contributed by atoms with Crippen LogP contribution in [0.4, 0.5) is 0 Å². The quantitative estimate of drug-likeness (QED) is 0.897. The van der Waals surface area contributed by atoms with E-state index in [0.29, 0.717) is 5.56 Å². The zero-order chi connectivity index (χ0) is 16.8. The minimum absolute atomic E-state index is 0.0308. The van der Waals surface area contributed by atoms with Crippen molar-refractivity contribution in [3.63, 3.8) is 0 Å². The molecule has 22 heavy (non-hydrogen) atoms. The van der Waals surface area contributed by atoms with E-state index < -0.39 is 10.0 Å². The Bertz CT molecular complexity index is 716. The maximum absolute atomic E-state index is 11.2. The van der Waals surface area contributed by atoms with Gasteiger partial charge in [0.15, 0.2) is 0 Å². The van der Waals surface area contributed by atoms with Crippen molar-refractivity contribution in [1.82, 2.24) is 0 Å². The van der Waals surface area contributed by atoms with E-state index in [-0.39, 0.29) is 17.4 Å². The normalized spacial score (nSPS) is 20.1. The van der Waals surface area contributed by atoms with E-state index in [1.165, 1.54) is 17.2 Å². The number of benzene rings is 1. The van der Waals surface area contributed by atoms with Gasteiger partial charge in [-0.05, 0) is 52.0 Å². The maximum Gasteiger partial charge on any atom is 0.231 e. The van der Waals surface area contributed by atoms with Crippen LogP contribution in [0.1, 0.15) is 62.8 Å². The summed E-state index contributed by atoms with van der Waals surface area (Å²) in [5, 5.41) is 15.6. The van der Waals surface area contributed by atoms with Crippen LogP contribution < -0.4 is 5.14 Å². The molecule has 1 aliphatic rings. The van der Waals surface area contributed by atoms with Gasteiger partial charge in [0.05, 0.1) is 6.61 Å². The van der Waals surface area contributed by atoms with Crippen LogP contribution in [0, 0.1) is 0 Å². The van der Waals surface area contributed by atoms with Crippen LogP contribution in [0.15, 0.2) is 17.5 Å². The van der Waals surface area contributed by atoms with E-state index in [2.05, 4.69) is 27.7 Å². The highest BCUT2D eigenvalue weighted by Gasteiger charge is 2.37. The Labute approximate surface area is 133 Å². The third-order valence-electron chi connectivity index (χ3n) is 4.72. The molecule has 0 saturated carbocycles. The van der Waals surface area contributed by atoms with E-state index in [9.17, 15) is 13.5 Å². The van der Waals surface area contributed by atoms with Gasteiger partial charge in [0.1, 0.15) is 0 Å². The van der Waals surface area contributed by atoms with E-state index in [1.54, 1.807) is 0 Å². The number of sulfonamides is 1. The zero-order valence-electron chi connectivity index (χ0n) is 13.7. The van der Waals surface area contributed by atoms with E-state index in [4.69, 9.17) is 5.14 Å². The van der Waals surface area contributed by atoms with Gasteiger partial charge in [0, 0.05) is 5.41 Å². The number of hydrogen-bond donors (Lipinski definition) is 2. The predicted octanol–water partition coefficient (Wildman–Crippen LogP) is 2.79. The summed E-state index contributed by atoms with van der Waals surface area (Å²) in [6.45, 7) is 8.69. The molecule has 3 N–H and O–H groups in total. The molecule has 0 amide bonds. The first-order chi connectivity index (χ1) is 9.96. The summed E-state index contributed by atoms with van der Waals surface area (Å²) in [7, 11) is -3.68. The second kappa shape index (κ2) is 5.48. The molecule has 1 aromatic carbocycles. The number of hydrogen-bond acceptors (Lipinski definition) is 3. The zero-order valence-corrected chi connectivity index (χ0v) is 14.5. The Morgan fingerprint density at radius 3 is 2.09 bits per heavy atom. The molecule has 1 aromatic rings. The van der Waals surface area contributed by atoms with E-state index in [0.717, 1.165) is 23.8 Å². The van der Waals surface area contributed by atoms with Crippen LogP contribution in [0.25, 0.3) is 6.08 Å². The van der Waals surface area contributed by atoms with E-state index in [1.807, 2.05) is 12.1 Å². The Kier molecular flexibility index (Phi) is 4.28. The van der Waals surface area contributed by atoms with Gasteiger partial charge in [-0.25, -0.2) is 13.6 Å². The Morgan fingerprint density at radius 2 is 1.64 bits per heavy atom. The number of rotatable bonds is 3. The molecule has 122 valence electrons. The topological polar surface area (TPSA) is 80.4 Å². The van der Waals surface area contributed by atoms with Gasteiger partial charge >= 0.3 is 0 Å². The van der Waals surface area contributed by atoms with Gasteiger partial charge < -0.3 is 5.11 Å². The van der Waals surface area contributed by atoms with Crippen LogP contribution in [0.2, 0.25) is 0 Å². The second-order valence-corrected chi connectivity index (χ2v) is 8.86. The summed E-state index contributed by atoms with van der Waals surface area (Å²) in [6, 6.07) is 4.02. The molecule has 0 aromatic heterocycles. The molecule has 4 nitrogen and oxygen atoms in total. The molecule has 0 heterocycles. The first kappa shape index (κ1) is 17.2. The molecule has 0 bridgehead atoms.